The summed E-state index contributed by atoms with van der Waals surface area (Å²) in [6.07, 6.45) is 0. The van der Waals surface area contributed by atoms with Crippen molar-refractivity contribution in [3.8, 4) is 22.4 Å². The second-order valence-corrected chi connectivity index (χ2v) is 8.79. The van der Waals surface area contributed by atoms with Crippen LogP contribution in [0.15, 0.2) is 115 Å². The van der Waals surface area contributed by atoms with E-state index in [1.54, 1.807) is 6.07 Å². The molecule has 0 radical (unpaired) electrons. The van der Waals surface area contributed by atoms with Crippen molar-refractivity contribution in [2.75, 3.05) is 6.61 Å². The van der Waals surface area contributed by atoms with Gasteiger partial charge in [-0.2, -0.15) is 0 Å². The predicted molar refractivity (Wildman–Crippen MR) is 146 cm³/mol. The van der Waals surface area contributed by atoms with Gasteiger partial charge in [0.15, 0.2) is 6.61 Å². The number of benzene rings is 4. The SMILES string of the molecule is C[C@H](NC(=O)COC(=O)c1cc(-c2ccc(-c3ccccc3)cc2)nc2ccccc12)c1ccccc1. The fourth-order valence-electron chi connectivity index (χ4n) is 4.27. The van der Waals surface area contributed by atoms with Crippen molar-refractivity contribution in [3.05, 3.63) is 126 Å². The first-order valence-electron chi connectivity index (χ1n) is 12.2. The third kappa shape index (κ3) is 5.57. The zero-order valence-corrected chi connectivity index (χ0v) is 20.4. The molecule has 0 spiro atoms. The zero-order chi connectivity index (χ0) is 25.6. The van der Waals surface area contributed by atoms with Crippen molar-refractivity contribution in [2.24, 2.45) is 0 Å². The first-order chi connectivity index (χ1) is 18.1. The summed E-state index contributed by atoms with van der Waals surface area (Å²) in [4.78, 5) is 30.3. The smallest absolute Gasteiger partial charge is 0.339 e. The third-order valence-electron chi connectivity index (χ3n) is 6.24. The highest BCUT2D eigenvalue weighted by Gasteiger charge is 2.17. The van der Waals surface area contributed by atoms with E-state index in [-0.39, 0.29) is 18.6 Å². The summed E-state index contributed by atoms with van der Waals surface area (Å²) in [6.45, 7) is 1.52. The number of amides is 1. The maximum atomic E-state index is 13.1. The minimum Gasteiger partial charge on any atom is -0.452 e. The average molecular weight is 487 g/mol. The number of nitrogens with one attached hydrogen (secondary N) is 1. The molecule has 1 heterocycles. The van der Waals surface area contributed by atoms with Gasteiger partial charge in [-0.25, -0.2) is 9.78 Å². The van der Waals surface area contributed by atoms with Crippen molar-refractivity contribution < 1.29 is 14.3 Å². The van der Waals surface area contributed by atoms with Crippen LogP contribution >= 0.6 is 0 Å². The number of aromatic nitrogens is 1. The number of carbonyl (C=O) groups is 2. The largest absolute Gasteiger partial charge is 0.452 e. The van der Waals surface area contributed by atoms with E-state index >= 15 is 0 Å². The highest BCUT2D eigenvalue weighted by atomic mass is 16.5. The molecule has 4 aromatic carbocycles. The number of pyridine rings is 1. The summed E-state index contributed by atoms with van der Waals surface area (Å²) >= 11 is 0. The Hall–Kier alpha value is -4.77. The molecule has 0 unspecified atom stereocenters. The lowest BCUT2D eigenvalue weighted by Gasteiger charge is -2.15. The molecule has 0 fully saturated rings. The molecule has 1 N–H and O–H groups in total. The van der Waals surface area contributed by atoms with Crippen LogP contribution in [0, 0.1) is 0 Å². The first kappa shape index (κ1) is 23.9. The molecule has 5 nitrogen and oxygen atoms in total. The fourth-order valence-corrected chi connectivity index (χ4v) is 4.27. The molecule has 0 aliphatic carbocycles. The second-order valence-electron chi connectivity index (χ2n) is 8.79. The van der Waals surface area contributed by atoms with Gasteiger partial charge in [0.2, 0.25) is 0 Å². The van der Waals surface area contributed by atoms with E-state index < -0.39 is 5.97 Å². The van der Waals surface area contributed by atoms with Crippen LogP contribution in [-0.4, -0.2) is 23.5 Å². The van der Waals surface area contributed by atoms with Gasteiger partial charge in [-0.3, -0.25) is 4.79 Å². The van der Waals surface area contributed by atoms with Crippen LogP contribution in [0.2, 0.25) is 0 Å². The van der Waals surface area contributed by atoms with Gasteiger partial charge in [-0.1, -0.05) is 103 Å². The van der Waals surface area contributed by atoms with Crippen molar-refractivity contribution in [3.63, 3.8) is 0 Å². The molecule has 0 aliphatic rings. The highest BCUT2D eigenvalue weighted by Crippen LogP contribution is 2.28. The maximum Gasteiger partial charge on any atom is 0.339 e. The van der Waals surface area contributed by atoms with Gasteiger partial charge in [-0.15, -0.1) is 0 Å². The molecule has 0 aliphatic heterocycles. The summed E-state index contributed by atoms with van der Waals surface area (Å²) < 4.78 is 5.42. The van der Waals surface area contributed by atoms with E-state index in [1.165, 1.54) is 0 Å². The lowest BCUT2D eigenvalue weighted by molar-refractivity contribution is -0.124. The first-order valence-corrected chi connectivity index (χ1v) is 12.2. The van der Waals surface area contributed by atoms with Crippen molar-refractivity contribution >= 4 is 22.8 Å². The minimum atomic E-state index is -0.566. The van der Waals surface area contributed by atoms with Gasteiger partial charge in [-0.05, 0) is 35.7 Å². The number of carbonyl (C=O) groups excluding carboxylic acids is 2. The van der Waals surface area contributed by atoms with Crippen LogP contribution in [0.4, 0.5) is 0 Å². The summed E-state index contributed by atoms with van der Waals surface area (Å²) in [5.41, 5.74) is 5.80. The monoisotopic (exact) mass is 486 g/mol. The fraction of sp³-hybridized carbons (Fsp3) is 0.0938. The van der Waals surface area contributed by atoms with Crippen LogP contribution in [0.25, 0.3) is 33.3 Å². The summed E-state index contributed by atoms with van der Waals surface area (Å²) in [5, 5.41) is 3.54. The van der Waals surface area contributed by atoms with Crippen LogP contribution in [0.5, 0.6) is 0 Å². The molecule has 0 saturated carbocycles. The molecular formula is C32H26N2O3. The van der Waals surface area contributed by atoms with E-state index in [1.807, 2.05) is 104 Å². The summed E-state index contributed by atoms with van der Waals surface area (Å²) in [7, 11) is 0. The van der Waals surface area contributed by atoms with Crippen LogP contribution in [0.1, 0.15) is 28.9 Å². The molecule has 1 atom stereocenters. The number of hydrogen-bond acceptors (Lipinski definition) is 4. The average Bonchev–Trinajstić information content (AvgIpc) is 2.96. The number of nitrogens with zero attached hydrogens (tertiary/aromatic N) is 1. The topological polar surface area (TPSA) is 68.3 Å². The number of hydrogen-bond donors (Lipinski definition) is 1. The van der Waals surface area contributed by atoms with Crippen LogP contribution in [-0.2, 0) is 9.53 Å². The van der Waals surface area contributed by atoms with E-state index in [0.717, 1.165) is 22.3 Å². The number of para-hydroxylation sites is 1. The number of ether oxygens (including phenoxy) is 1. The molecule has 1 aromatic heterocycles. The molecule has 1 amide bonds. The molecule has 0 bridgehead atoms. The molecule has 5 rings (SSSR count). The zero-order valence-electron chi connectivity index (χ0n) is 20.4. The van der Waals surface area contributed by atoms with Crippen molar-refractivity contribution in [1.29, 1.82) is 0 Å². The molecule has 0 saturated heterocycles. The van der Waals surface area contributed by atoms with E-state index in [0.29, 0.717) is 22.2 Å². The molecule has 5 aromatic rings. The Bertz CT molecular complexity index is 1530. The van der Waals surface area contributed by atoms with Gasteiger partial charge in [0.1, 0.15) is 0 Å². The Labute approximate surface area is 215 Å². The van der Waals surface area contributed by atoms with Gasteiger partial charge < -0.3 is 10.1 Å². The second kappa shape index (κ2) is 10.9. The predicted octanol–water partition coefficient (Wildman–Crippen LogP) is 6.60. The normalized spacial score (nSPS) is 11.6. The standard InChI is InChI=1S/C32H26N2O3/c1-22(23-10-4-2-5-11-23)33-31(35)21-37-32(36)28-20-30(34-29-15-9-8-14-27(28)29)26-18-16-25(17-19-26)24-12-6-3-7-13-24/h2-20,22H,21H2,1H3,(H,33,35)/t22-/m0/s1. The Morgan fingerprint density at radius 2 is 1.35 bits per heavy atom. The minimum absolute atomic E-state index is 0.195. The summed E-state index contributed by atoms with van der Waals surface area (Å²) in [5.74, 6) is -0.928. The number of rotatable bonds is 7. The van der Waals surface area contributed by atoms with Crippen LogP contribution < -0.4 is 5.32 Å². The van der Waals surface area contributed by atoms with Gasteiger partial charge in [0, 0.05) is 10.9 Å². The van der Waals surface area contributed by atoms with E-state index in [2.05, 4.69) is 17.4 Å². The van der Waals surface area contributed by atoms with Crippen LogP contribution in [0.3, 0.4) is 0 Å². The Morgan fingerprint density at radius 1 is 0.757 bits per heavy atom. The Morgan fingerprint density at radius 3 is 2.08 bits per heavy atom. The Kier molecular flexibility index (Phi) is 7.04. The lowest BCUT2D eigenvalue weighted by atomic mass is 10.0. The quantitative estimate of drug-likeness (QED) is 0.263. The van der Waals surface area contributed by atoms with E-state index in [9.17, 15) is 9.59 Å². The van der Waals surface area contributed by atoms with E-state index in [4.69, 9.17) is 9.72 Å². The van der Waals surface area contributed by atoms with Crippen molar-refractivity contribution in [1.82, 2.24) is 10.3 Å². The summed E-state index contributed by atoms with van der Waals surface area (Å²) in [6, 6.07) is 36.8. The third-order valence-corrected chi connectivity index (χ3v) is 6.24. The van der Waals surface area contributed by atoms with Crippen molar-refractivity contribution in [2.45, 2.75) is 13.0 Å². The molecular weight excluding hydrogens is 460 g/mol. The lowest BCUT2D eigenvalue weighted by Crippen LogP contribution is -2.31. The highest BCUT2D eigenvalue weighted by molar-refractivity contribution is 6.05. The molecule has 5 heteroatoms. The molecule has 37 heavy (non-hydrogen) atoms. The van der Waals surface area contributed by atoms with Gasteiger partial charge >= 0.3 is 5.97 Å². The maximum absolute atomic E-state index is 13.1. The Balaban J connectivity index is 1.35. The van der Waals surface area contributed by atoms with Gasteiger partial charge in [0.05, 0.1) is 22.8 Å². The number of fused-ring (bicyclic) bond motifs is 1. The van der Waals surface area contributed by atoms with Gasteiger partial charge in [0.25, 0.3) is 5.91 Å². The number of esters is 1. The molecule has 182 valence electrons.